The van der Waals surface area contributed by atoms with Crippen LogP contribution in [0, 0.1) is 5.41 Å². The second-order valence-electron chi connectivity index (χ2n) is 4.48. The number of carbonyl (C=O) groups is 1. The minimum Gasteiger partial charge on any atom is -0.329 e. The second kappa shape index (κ2) is 4.97. The average Bonchev–Trinajstić information content (AvgIpc) is 2.59. The molecule has 0 aliphatic rings. The SMILES string of the molecule is CCCn1ncc(Cl)c1C(=O)C(C)(C)CN. The summed E-state index contributed by atoms with van der Waals surface area (Å²) in [4.78, 5) is 12.2. The number of hydrogen-bond acceptors (Lipinski definition) is 3. The number of ketones is 1. The standard InChI is InChI=1S/C11H18ClN3O/c1-4-5-15-9(8(12)6-14-15)10(16)11(2,3)7-13/h6H,4-5,7,13H2,1-3H3. The lowest BCUT2D eigenvalue weighted by molar-refractivity contribution is 0.0835. The van der Waals surface area contributed by atoms with Crippen molar-refractivity contribution in [2.24, 2.45) is 11.1 Å². The van der Waals surface area contributed by atoms with Crippen LogP contribution in [0.2, 0.25) is 5.02 Å². The first-order valence-electron chi connectivity index (χ1n) is 5.40. The number of Topliss-reactive ketones (excluding diaryl/α,β-unsaturated/α-hetero) is 1. The molecule has 4 nitrogen and oxygen atoms in total. The molecule has 0 radical (unpaired) electrons. The zero-order valence-corrected chi connectivity index (χ0v) is 10.7. The molecule has 1 rings (SSSR count). The number of halogens is 1. The molecule has 0 saturated heterocycles. The maximum Gasteiger partial charge on any atom is 0.189 e. The number of nitrogens with zero attached hydrogens (tertiary/aromatic N) is 2. The van der Waals surface area contributed by atoms with Gasteiger partial charge in [-0.25, -0.2) is 0 Å². The molecular weight excluding hydrogens is 226 g/mol. The van der Waals surface area contributed by atoms with E-state index in [0.29, 0.717) is 23.8 Å². The van der Waals surface area contributed by atoms with Gasteiger partial charge in [-0.1, -0.05) is 32.4 Å². The maximum absolute atomic E-state index is 12.2. The highest BCUT2D eigenvalue weighted by Gasteiger charge is 2.31. The molecular formula is C11H18ClN3O. The molecule has 0 aliphatic carbocycles. The van der Waals surface area contributed by atoms with Gasteiger partial charge in [-0.15, -0.1) is 0 Å². The molecule has 90 valence electrons. The maximum atomic E-state index is 12.2. The summed E-state index contributed by atoms with van der Waals surface area (Å²) in [5, 5.41) is 4.50. The minimum absolute atomic E-state index is 0.0500. The van der Waals surface area contributed by atoms with Crippen LogP contribution in [-0.2, 0) is 6.54 Å². The van der Waals surface area contributed by atoms with Crippen LogP contribution in [0.15, 0.2) is 6.20 Å². The third kappa shape index (κ3) is 2.44. The van der Waals surface area contributed by atoms with Crippen molar-refractivity contribution in [2.45, 2.75) is 33.7 Å². The van der Waals surface area contributed by atoms with E-state index in [1.165, 1.54) is 6.20 Å². The Morgan fingerprint density at radius 1 is 1.62 bits per heavy atom. The molecule has 1 heterocycles. The van der Waals surface area contributed by atoms with Gasteiger partial charge in [0, 0.05) is 18.5 Å². The third-order valence-corrected chi connectivity index (χ3v) is 2.85. The van der Waals surface area contributed by atoms with Crippen LogP contribution in [0.25, 0.3) is 0 Å². The first-order valence-corrected chi connectivity index (χ1v) is 5.78. The quantitative estimate of drug-likeness (QED) is 0.806. The van der Waals surface area contributed by atoms with Gasteiger partial charge in [0.25, 0.3) is 0 Å². The van der Waals surface area contributed by atoms with Crippen molar-refractivity contribution >= 4 is 17.4 Å². The van der Waals surface area contributed by atoms with Crippen molar-refractivity contribution in [3.8, 4) is 0 Å². The number of rotatable bonds is 5. The van der Waals surface area contributed by atoms with Crippen LogP contribution in [0.1, 0.15) is 37.7 Å². The monoisotopic (exact) mass is 243 g/mol. The number of hydrogen-bond donors (Lipinski definition) is 1. The number of aryl methyl sites for hydroxylation is 1. The van der Waals surface area contributed by atoms with E-state index in [2.05, 4.69) is 5.10 Å². The van der Waals surface area contributed by atoms with Crippen molar-refractivity contribution in [2.75, 3.05) is 6.54 Å². The van der Waals surface area contributed by atoms with E-state index in [9.17, 15) is 4.79 Å². The fourth-order valence-electron chi connectivity index (χ4n) is 1.38. The largest absolute Gasteiger partial charge is 0.329 e. The van der Waals surface area contributed by atoms with E-state index in [1.54, 1.807) is 4.68 Å². The van der Waals surface area contributed by atoms with Gasteiger partial charge in [0.05, 0.1) is 11.2 Å². The Kier molecular flexibility index (Phi) is 4.10. The van der Waals surface area contributed by atoms with E-state index in [4.69, 9.17) is 17.3 Å². The molecule has 0 atom stereocenters. The summed E-state index contributed by atoms with van der Waals surface area (Å²) in [7, 11) is 0. The van der Waals surface area contributed by atoms with Gasteiger partial charge in [0.1, 0.15) is 5.69 Å². The Balaban J connectivity index is 3.12. The molecule has 1 aromatic heterocycles. The van der Waals surface area contributed by atoms with E-state index < -0.39 is 5.41 Å². The highest BCUT2D eigenvalue weighted by molar-refractivity contribution is 6.33. The first-order chi connectivity index (χ1) is 7.44. The molecule has 0 aromatic carbocycles. The molecule has 0 bridgehead atoms. The first kappa shape index (κ1) is 13.2. The van der Waals surface area contributed by atoms with Gasteiger partial charge in [0.2, 0.25) is 0 Å². The molecule has 0 spiro atoms. The van der Waals surface area contributed by atoms with Crippen LogP contribution in [0.5, 0.6) is 0 Å². The Bertz CT molecular complexity index is 385. The highest BCUT2D eigenvalue weighted by atomic mass is 35.5. The van der Waals surface area contributed by atoms with Gasteiger partial charge in [-0.2, -0.15) is 5.10 Å². The molecule has 2 N–H and O–H groups in total. The van der Waals surface area contributed by atoms with Crippen LogP contribution in [0.3, 0.4) is 0 Å². The van der Waals surface area contributed by atoms with E-state index in [-0.39, 0.29) is 5.78 Å². The summed E-state index contributed by atoms with van der Waals surface area (Å²) in [5.41, 5.74) is 5.46. The summed E-state index contributed by atoms with van der Waals surface area (Å²) in [6.07, 6.45) is 2.42. The Morgan fingerprint density at radius 3 is 2.75 bits per heavy atom. The Morgan fingerprint density at radius 2 is 2.25 bits per heavy atom. The molecule has 16 heavy (non-hydrogen) atoms. The van der Waals surface area contributed by atoms with Gasteiger partial charge >= 0.3 is 0 Å². The Labute approximate surface area is 101 Å². The van der Waals surface area contributed by atoms with Crippen molar-refractivity contribution in [3.63, 3.8) is 0 Å². The Hall–Kier alpha value is -0.870. The van der Waals surface area contributed by atoms with Crippen LogP contribution >= 0.6 is 11.6 Å². The van der Waals surface area contributed by atoms with Gasteiger partial charge in [-0.3, -0.25) is 9.48 Å². The molecule has 0 fully saturated rings. The molecule has 5 heteroatoms. The smallest absolute Gasteiger partial charge is 0.189 e. The summed E-state index contributed by atoms with van der Waals surface area (Å²) < 4.78 is 1.65. The van der Waals surface area contributed by atoms with Crippen molar-refractivity contribution in [3.05, 3.63) is 16.9 Å². The van der Waals surface area contributed by atoms with Crippen molar-refractivity contribution in [1.29, 1.82) is 0 Å². The van der Waals surface area contributed by atoms with Crippen molar-refractivity contribution < 1.29 is 4.79 Å². The van der Waals surface area contributed by atoms with Gasteiger partial charge < -0.3 is 5.73 Å². The van der Waals surface area contributed by atoms with E-state index >= 15 is 0 Å². The van der Waals surface area contributed by atoms with Gasteiger partial charge in [0.15, 0.2) is 5.78 Å². The molecule has 1 aromatic rings. The molecule has 0 unspecified atom stereocenters. The highest BCUT2D eigenvalue weighted by Crippen LogP contribution is 2.25. The zero-order chi connectivity index (χ0) is 12.3. The fourth-order valence-corrected chi connectivity index (χ4v) is 1.61. The lowest BCUT2D eigenvalue weighted by atomic mass is 9.86. The zero-order valence-electron chi connectivity index (χ0n) is 9.96. The summed E-state index contributed by atoms with van der Waals surface area (Å²) in [5.74, 6) is -0.0500. The lowest BCUT2D eigenvalue weighted by Crippen LogP contribution is -2.34. The number of aromatic nitrogens is 2. The van der Waals surface area contributed by atoms with Crippen LogP contribution in [0.4, 0.5) is 0 Å². The van der Waals surface area contributed by atoms with E-state index in [0.717, 1.165) is 6.42 Å². The number of nitrogens with two attached hydrogens (primary N) is 1. The normalized spacial score (nSPS) is 11.8. The van der Waals surface area contributed by atoms with Gasteiger partial charge in [-0.05, 0) is 6.42 Å². The van der Waals surface area contributed by atoms with Crippen LogP contribution < -0.4 is 5.73 Å². The van der Waals surface area contributed by atoms with Crippen molar-refractivity contribution in [1.82, 2.24) is 9.78 Å². The predicted molar refractivity (Wildman–Crippen MR) is 64.7 cm³/mol. The number of carbonyl (C=O) groups excluding carboxylic acids is 1. The van der Waals surface area contributed by atoms with E-state index in [1.807, 2.05) is 20.8 Å². The molecule has 0 amide bonds. The molecule has 0 aliphatic heterocycles. The lowest BCUT2D eigenvalue weighted by Gasteiger charge is -2.21. The average molecular weight is 244 g/mol. The summed E-state index contributed by atoms with van der Waals surface area (Å²) >= 11 is 5.99. The predicted octanol–water partition coefficient (Wildman–Crippen LogP) is 2.11. The second-order valence-corrected chi connectivity index (χ2v) is 4.89. The van der Waals surface area contributed by atoms with Crippen LogP contribution in [-0.4, -0.2) is 22.1 Å². The topological polar surface area (TPSA) is 60.9 Å². The summed E-state index contributed by atoms with van der Waals surface area (Å²) in [6.45, 7) is 6.63. The third-order valence-electron chi connectivity index (χ3n) is 2.57. The minimum atomic E-state index is -0.602. The summed E-state index contributed by atoms with van der Waals surface area (Å²) in [6, 6.07) is 0. The fraction of sp³-hybridized carbons (Fsp3) is 0.636. The molecule has 0 saturated carbocycles.